The number of para-hydroxylation sites is 1. The number of ether oxygens (including phenoxy) is 2. The van der Waals surface area contributed by atoms with Gasteiger partial charge in [0.15, 0.2) is 11.5 Å². The fourth-order valence-electron chi connectivity index (χ4n) is 2.18. The number of benzene rings is 2. The third-order valence-electron chi connectivity index (χ3n) is 3.10. The van der Waals surface area contributed by atoms with E-state index in [9.17, 15) is 0 Å². The Kier molecular flexibility index (Phi) is 3.24. The number of nitrogens with one attached hydrogen (secondary N) is 1. The predicted octanol–water partition coefficient (Wildman–Crippen LogP) is 3.90. The molecule has 0 saturated carbocycles. The summed E-state index contributed by atoms with van der Waals surface area (Å²) in [7, 11) is 3.22. The summed E-state index contributed by atoms with van der Waals surface area (Å²) < 4.78 is 10.7. The maximum Gasteiger partial charge on any atom is 0.171 e. The SMILES string of the molecule is COc1cccc(-c2nc3ccc(Cl)cc3[nH]2)c1OC. The highest BCUT2D eigenvalue weighted by molar-refractivity contribution is 6.31. The Morgan fingerprint density at radius 3 is 2.70 bits per heavy atom. The quantitative estimate of drug-likeness (QED) is 0.795. The smallest absolute Gasteiger partial charge is 0.171 e. The Bertz CT molecular complexity index is 768. The molecule has 0 unspecified atom stereocenters. The highest BCUT2D eigenvalue weighted by Gasteiger charge is 2.14. The molecular formula is C15H13ClN2O2. The molecule has 0 atom stereocenters. The fourth-order valence-corrected chi connectivity index (χ4v) is 2.36. The van der Waals surface area contributed by atoms with E-state index in [4.69, 9.17) is 21.1 Å². The molecule has 0 bridgehead atoms. The summed E-state index contributed by atoms with van der Waals surface area (Å²) >= 11 is 5.99. The van der Waals surface area contributed by atoms with Crippen molar-refractivity contribution < 1.29 is 9.47 Å². The first-order valence-corrected chi connectivity index (χ1v) is 6.47. The molecule has 0 saturated heterocycles. The lowest BCUT2D eigenvalue weighted by Crippen LogP contribution is -1.93. The van der Waals surface area contributed by atoms with Crippen LogP contribution in [0.3, 0.4) is 0 Å². The second kappa shape index (κ2) is 5.06. The van der Waals surface area contributed by atoms with Gasteiger partial charge in [0, 0.05) is 5.02 Å². The van der Waals surface area contributed by atoms with E-state index in [0.29, 0.717) is 16.5 Å². The topological polar surface area (TPSA) is 47.1 Å². The van der Waals surface area contributed by atoms with Crippen LogP contribution >= 0.6 is 11.6 Å². The zero-order chi connectivity index (χ0) is 14.1. The standard InChI is InChI=1S/C15H13ClN2O2/c1-19-13-5-3-4-10(14(13)20-2)15-17-11-7-6-9(16)8-12(11)18-15/h3-8H,1-2H3,(H,17,18). The lowest BCUT2D eigenvalue weighted by Gasteiger charge is -2.10. The molecule has 0 spiro atoms. The number of hydrogen-bond donors (Lipinski definition) is 1. The van der Waals surface area contributed by atoms with E-state index >= 15 is 0 Å². The van der Waals surface area contributed by atoms with Gasteiger partial charge in [-0.25, -0.2) is 4.98 Å². The molecule has 3 aromatic rings. The van der Waals surface area contributed by atoms with Crippen LogP contribution in [-0.2, 0) is 0 Å². The largest absolute Gasteiger partial charge is 0.493 e. The molecule has 0 aliphatic carbocycles. The van der Waals surface area contributed by atoms with Crippen LogP contribution in [0.25, 0.3) is 22.4 Å². The number of imidazole rings is 1. The molecule has 2 aromatic carbocycles. The summed E-state index contributed by atoms with van der Waals surface area (Å²) in [6, 6.07) is 11.2. The second-order valence-corrected chi connectivity index (χ2v) is 4.72. The number of halogens is 1. The van der Waals surface area contributed by atoms with Gasteiger partial charge in [-0.3, -0.25) is 0 Å². The van der Waals surface area contributed by atoms with Crippen molar-refractivity contribution in [2.24, 2.45) is 0 Å². The van der Waals surface area contributed by atoms with Crippen molar-refractivity contribution in [3.05, 3.63) is 41.4 Å². The number of H-pyrrole nitrogens is 1. The van der Waals surface area contributed by atoms with Gasteiger partial charge in [-0.1, -0.05) is 17.7 Å². The number of hydrogen-bond acceptors (Lipinski definition) is 3. The number of nitrogens with zero attached hydrogens (tertiary/aromatic N) is 1. The number of aromatic nitrogens is 2. The highest BCUT2D eigenvalue weighted by atomic mass is 35.5. The van der Waals surface area contributed by atoms with E-state index in [0.717, 1.165) is 22.4 Å². The van der Waals surface area contributed by atoms with Gasteiger partial charge in [0.1, 0.15) is 5.82 Å². The maximum atomic E-state index is 5.99. The first kappa shape index (κ1) is 12.8. The molecule has 1 heterocycles. The molecule has 5 heteroatoms. The summed E-state index contributed by atoms with van der Waals surface area (Å²) in [5, 5.41) is 0.672. The minimum Gasteiger partial charge on any atom is -0.493 e. The molecule has 0 amide bonds. The third-order valence-corrected chi connectivity index (χ3v) is 3.34. The summed E-state index contributed by atoms with van der Waals surface area (Å²) in [6.07, 6.45) is 0. The molecule has 0 fully saturated rings. The Labute approximate surface area is 121 Å². The summed E-state index contributed by atoms with van der Waals surface area (Å²) in [5.41, 5.74) is 2.59. The van der Waals surface area contributed by atoms with Crippen LogP contribution in [0.5, 0.6) is 11.5 Å². The summed E-state index contributed by atoms with van der Waals surface area (Å²) in [4.78, 5) is 7.81. The first-order valence-electron chi connectivity index (χ1n) is 6.09. The lowest BCUT2D eigenvalue weighted by molar-refractivity contribution is 0.356. The number of aromatic amines is 1. The first-order chi connectivity index (χ1) is 9.72. The lowest BCUT2D eigenvalue weighted by atomic mass is 10.1. The van der Waals surface area contributed by atoms with Crippen molar-refractivity contribution >= 4 is 22.6 Å². The van der Waals surface area contributed by atoms with Gasteiger partial charge in [0.05, 0.1) is 30.8 Å². The van der Waals surface area contributed by atoms with Gasteiger partial charge in [-0.2, -0.15) is 0 Å². The summed E-state index contributed by atoms with van der Waals surface area (Å²) in [5.74, 6) is 2.04. The van der Waals surface area contributed by atoms with Crippen LogP contribution in [0.2, 0.25) is 5.02 Å². The second-order valence-electron chi connectivity index (χ2n) is 4.29. The van der Waals surface area contributed by atoms with E-state index in [1.807, 2.05) is 36.4 Å². The van der Waals surface area contributed by atoms with Gasteiger partial charge in [0.2, 0.25) is 0 Å². The fraction of sp³-hybridized carbons (Fsp3) is 0.133. The zero-order valence-electron chi connectivity index (χ0n) is 11.1. The minimum atomic E-state index is 0.653. The monoisotopic (exact) mass is 288 g/mol. The van der Waals surface area contributed by atoms with E-state index in [2.05, 4.69) is 9.97 Å². The Morgan fingerprint density at radius 1 is 1.10 bits per heavy atom. The summed E-state index contributed by atoms with van der Waals surface area (Å²) in [6.45, 7) is 0. The van der Waals surface area contributed by atoms with Crippen molar-refractivity contribution in [2.75, 3.05) is 14.2 Å². The van der Waals surface area contributed by atoms with Crippen molar-refractivity contribution in [2.45, 2.75) is 0 Å². The Balaban J connectivity index is 2.20. The number of methoxy groups -OCH3 is 2. The van der Waals surface area contributed by atoms with E-state index in [1.165, 1.54) is 0 Å². The molecule has 20 heavy (non-hydrogen) atoms. The molecule has 4 nitrogen and oxygen atoms in total. The highest BCUT2D eigenvalue weighted by Crippen LogP contribution is 2.37. The van der Waals surface area contributed by atoms with E-state index in [1.54, 1.807) is 14.2 Å². The van der Waals surface area contributed by atoms with E-state index in [-0.39, 0.29) is 0 Å². The molecule has 1 N–H and O–H groups in total. The molecule has 0 aliphatic rings. The van der Waals surface area contributed by atoms with Crippen molar-refractivity contribution in [1.82, 2.24) is 9.97 Å². The minimum absolute atomic E-state index is 0.653. The van der Waals surface area contributed by atoms with Gasteiger partial charge >= 0.3 is 0 Å². The number of rotatable bonds is 3. The molecule has 1 aromatic heterocycles. The Morgan fingerprint density at radius 2 is 1.95 bits per heavy atom. The molecule has 3 rings (SSSR count). The molecule has 0 aliphatic heterocycles. The van der Waals surface area contributed by atoms with Crippen molar-refractivity contribution in [1.29, 1.82) is 0 Å². The van der Waals surface area contributed by atoms with Crippen molar-refractivity contribution in [3.8, 4) is 22.9 Å². The van der Waals surface area contributed by atoms with Crippen LogP contribution in [0, 0.1) is 0 Å². The molecule has 0 radical (unpaired) electrons. The average Bonchev–Trinajstić information content (AvgIpc) is 2.88. The van der Waals surface area contributed by atoms with Crippen LogP contribution in [0.15, 0.2) is 36.4 Å². The number of fused-ring (bicyclic) bond motifs is 1. The van der Waals surface area contributed by atoms with Crippen LogP contribution in [-0.4, -0.2) is 24.2 Å². The molecular weight excluding hydrogens is 276 g/mol. The van der Waals surface area contributed by atoms with E-state index < -0.39 is 0 Å². The van der Waals surface area contributed by atoms with Crippen LogP contribution in [0.4, 0.5) is 0 Å². The zero-order valence-corrected chi connectivity index (χ0v) is 11.9. The normalized spacial score (nSPS) is 10.8. The van der Waals surface area contributed by atoms with Crippen LogP contribution < -0.4 is 9.47 Å². The van der Waals surface area contributed by atoms with Gasteiger partial charge < -0.3 is 14.5 Å². The van der Waals surface area contributed by atoms with Crippen LogP contribution in [0.1, 0.15) is 0 Å². The van der Waals surface area contributed by atoms with Gasteiger partial charge in [0.25, 0.3) is 0 Å². The third kappa shape index (κ3) is 2.08. The Hall–Kier alpha value is -2.20. The maximum absolute atomic E-state index is 5.99. The molecule has 102 valence electrons. The predicted molar refractivity (Wildman–Crippen MR) is 79.6 cm³/mol. The van der Waals surface area contributed by atoms with Crippen molar-refractivity contribution in [3.63, 3.8) is 0 Å². The van der Waals surface area contributed by atoms with Gasteiger partial charge in [-0.15, -0.1) is 0 Å². The average molecular weight is 289 g/mol. The van der Waals surface area contributed by atoms with Gasteiger partial charge in [-0.05, 0) is 30.3 Å².